The first-order valence-electron chi connectivity index (χ1n) is 7.15. The van der Waals surface area contributed by atoms with Gasteiger partial charge >= 0.3 is 22.1 Å². The highest BCUT2D eigenvalue weighted by Crippen LogP contribution is 2.27. The summed E-state index contributed by atoms with van der Waals surface area (Å²) in [4.78, 5) is 28.2. The van der Waals surface area contributed by atoms with Gasteiger partial charge in [0.25, 0.3) is 0 Å². The predicted octanol–water partition coefficient (Wildman–Crippen LogP) is 2.49. The molecule has 0 atom stereocenters. The van der Waals surface area contributed by atoms with Gasteiger partial charge < -0.3 is 14.3 Å². The Morgan fingerprint density at radius 2 is 1.75 bits per heavy atom. The van der Waals surface area contributed by atoms with E-state index in [1.807, 2.05) is 0 Å². The number of carbonyl (C=O) groups excluding carboxylic acids is 2. The van der Waals surface area contributed by atoms with Gasteiger partial charge in [-0.25, -0.2) is 9.59 Å². The predicted molar refractivity (Wildman–Crippen MR) is 84.6 cm³/mol. The summed E-state index contributed by atoms with van der Waals surface area (Å²) in [6.07, 6.45) is -1.45. The number of rotatable bonds is 4. The first-order chi connectivity index (χ1) is 11.0. The van der Waals surface area contributed by atoms with Crippen LogP contribution in [0, 0.1) is 0 Å². The van der Waals surface area contributed by atoms with Crippen molar-refractivity contribution in [1.29, 1.82) is 0 Å². The van der Waals surface area contributed by atoms with Gasteiger partial charge in [-0.05, 0) is 37.4 Å². The Hall–Kier alpha value is -2.29. The van der Waals surface area contributed by atoms with E-state index in [2.05, 4.69) is 0 Å². The number of carbonyl (C=O) groups is 2. The molecule has 0 aromatic heterocycles. The van der Waals surface area contributed by atoms with Crippen LogP contribution in [0.2, 0.25) is 0 Å². The van der Waals surface area contributed by atoms with Gasteiger partial charge in [-0.1, -0.05) is 19.1 Å². The van der Waals surface area contributed by atoms with Crippen LogP contribution in [0.1, 0.15) is 34.1 Å². The van der Waals surface area contributed by atoms with Crippen molar-refractivity contribution in [2.45, 2.75) is 44.6 Å². The Bertz CT molecular complexity index is 707. The highest BCUT2D eigenvalue weighted by atomic mass is 32.2. The normalized spacial score (nSPS) is 11.5. The van der Waals surface area contributed by atoms with E-state index in [9.17, 15) is 18.0 Å². The zero-order valence-corrected chi connectivity index (χ0v) is 15.0. The number of sulfonamides is 1. The van der Waals surface area contributed by atoms with E-state index in [-0.39, 0.29) is 21.5 Å². The zero-order chi connectivity index (χ0) is 18.5. The summed E-state index contributed by atoms with van der Waals surface area (Å²) >= 11 is 0. The molecule has 0 spiro atoms. The monoisotopic (exact) mass is 359 g/mol. The number of ether oxygens (including phenoxy) is 2. The molecule has 24 heavy (non-hydrogen) atoms. The average Bonchev–Trinajstić information content (AvgIpc) is 2.50. The first-order valence-corrected chi connectivity index (χ1v) is 8.59. The number of hydrogen-bond acceptors (Lipinski definition) is 7. The van der Waals surface area contributed by atoms with Crippen molar-refractivity contribution in [3.05, 3.63) is 24.3 Å². The molecule has 0 bridgehead atoms. The topological polar surface area (TPSA) is 99.2 Å². The van der Waals surface area contributed by atoms with Gasteiger partial charge in [-0.15, -0.1) is 0 Å². The summed E-state index contributed by atoms with van der Waals surface area (Å²) in [5.41, 5.74) is -0.982. The number of hydrogen-bond donors (Lipinski definition) is 0. The van der Waals surface area contributed by atoms with E-state index in [0.29, 0.717) is 0 Å². The van der Waals surface area contributed by atoms with Gasteiger partial charge in [0.2, 0.25) is 0 Å². The second-order valence-electron chi connectivity index (χ2n) is 5.68. The number of methoxy groups -OCH3 is 1. The summed E-state index contributed by atoms with van der Waals surface area (Å²) < 4.78 is 35.5. The quantitative estimate of drug-likeness (QED) is 0.761. The van der Waals surface area contributed by atoms with Crippen molar-refractivity contribution in [1.82, 2.24) is 4.47 Å². The second kappa shape index (κ2) is 7.52. The molecule has 0 fully saturated rings. The molecule has 134 valence electrons. The molecule has 0 heterocycles. The number of para-hydroxylation sites is 1. The Morgan fingerprint density at radius 3 is 2.25 bits per heavy atom. The van der Waals surface area contributed by atoms with Crippen LogP contribution in [-0.4, -0.2) is 37.7 Å². The molecule has 1 aromatic carbocycles. The third-order valence-electron chi connectivity index (χ3n) is 2.58. The lowest BCUT2D eigenvalue weighted by molar-refractivity contribution is -0.166. The van der Waals surface area contributed by atoms with Gasteiger partial charge in [0, 0.05) is 6.42 Å². The van der Waals surface area contributed by atoms with Gasteiger partial charge in [0.1, 0.15) is 16.2 Å². The molecule has 1 aromatic rings. The van der Waals surface area contributed by atoms with Crippen molar-refractivity contribution < 1.29 is 32.3 Å². The lowest BCUT2D eigenvalue weighted by Gasteiger charge is -2.25. The Balaban J connectivity index is 3.36. The maximum absolute atomic E-state index is 12.8. The molecule has 0 N–H and O–H groups in total. The SMILES string of the molecule is CCC(=O)ON(C(=O)OC(C)(C)C)S(=O)(=O)c1ccccc1OC. The van der Waals surface area contributed by atoms with Crippen molar-refractivity contribution in [2.24, 2.45) is 0 Å². The fraction of sp³-hybridized carbons (Fsp3) is 0.467. The van der Waals surface area contributed by atoms with Gasteiger partial charge in [-0.3, -0.25) is 0 Å². The average molecular weight is 359 g/mol. The van der Waals surface area contributed by atoms with Crippen LogP contribution in [0.3, 0.4) is 0 Å². The van der Waals surface area contributed by atoms with Gasteiger partial charge in [-0.2, -0.15) is 8.42 Å². The highest BCUT2D eigenvalue weighted by molar-refractivity contribution is 7.89. The number of amides is 1. The van der Waals surface area contributed by atoms with Crippen LogP contribution in [0.4, 0.5) is 4.79 Å². The second-order valence-corrected chi connectivity index (χ2v) is 7.40. The van der Waals surface area contributed by atoms with Crippen LogP contribution < -0.4 is 4.74 Å². The van der Waals surface area contributed by atoms with E-state index in [1.54, 1.807) is 26.8 Å². The minimum atomic E-state index is -4.53. The standard InChI is InChI=1S/C15H21NO7S/c1-6-13(17)23-16(14(18)22-15(2,3)4)24(19,20)12-10-8-7-9-11(12)21-5/h7-10H,6H2,1-5H3. The Morgan fingerprint density at radius 1 is 1.17 bits per heavy atom. The summed E-state index contributed by atoms with van der Waals surface area (Å²) in [7, 11) is -3.25. The third-order valence-corrected chi connectivity index (χ3v) is 4.13. The van der Waals surface area contributed by atoms with E-state index >= 15 is 0 Å². The van der Waals surface area contributed by atoms with Gasteiger partial charge in [0.15, 0.2) is 0 Å². The Kier molecular flexibility index (Phi) is 6.19. The lowest BCUT2D eigenvalue weighted by Crippen LogP contribution is -2.42. The van der Waals surface area contributed by atoms with E-state index in [0.717, 1.165) is 0 Å². The minimum absolute atomic E-state index is 0.00129. The molecule has 1 amide bonds. The van der Waals surface area contributed by atoms with Crippen LogP contribution >= 0.6 is 0 Å². The molecule has 0 aliphatic carbocycles. The largest absolute Gasteiger partial charge is 0.495 e. The van der Waals surface area contributed by atoms with Crippen molar-refractivity contribution in [2.75, 3.05) is 7.11 Å². The fourth-order valence-electron chi connectivity index (χ4n) is 1.56. The molecule has 8 nitrogen and oxygen atoms in total. The van der Waals surface area contributed by atoms with Crippen molar-refractivity contribution in [3.63, 3.8) is 0 Å². The summed E-state index contributed by atoms with van der Waals surface area (Å²) in [6.45, 7) is 6.13. The van der Waals surface area contributed by atoms with Crippen LogP contribution in [0.15, 0.2) is 29.2 Å². The highest BCUT2D eigenvalue weighted by Gasteiger charge is 2.38. The third kappa shape index (κ3) is 4.85. The molecule has 9 heteroatoms. The fourth-order valence-corrected chi connectivity index (χ4v) is 2.81. The zero-order valence-electron chi connectivity index (χ0n) is 14.2. The molecule has 0 unspecified atom stereocenters. The van der Waals surface area contributed by atoms with E-state index < -0.39 is 27.7 Å². The van der Waals surface area contributed by atoms with Crippen LogP contribution in [-0.2, 0) is 24.4 Å². The van der Waals surface area contributed by atoms with Crippen LogP contribution in [0.25, 0.3) is 0 Å². The first kappa shape index (κ1) is 19.8. The lowest BCUT2D eigenvalue weighted by atomic mass is 10.2. The maximum Gasteiger partial charge on any atom is 0.459 e. The molecule has 0 aliphatic heterocycles. The molecule has 0 aliphatic rings. The number of hydroxylamine groups is 1. The summed E-state index contributed by atoms with van der Waals surface area (Å²) in [5.74, 6) is -0.905. The van der Waals surface area contributed by atoms with Crippen molar-refractivity contribution >= 4 is 22.1 Å². The van der Waals surface area contributed by atoms with E-state index in [1.165, 1.54) is 32.2 Å². The van der Waals surface area contributed by atoms with E-state index in [4.69, 9.17) is 14.3 Å². The molecule has 0 radical (unpaired) electrons. The molecule has 0 saturated heterocycles. The smallest absolute Gasteiger partial charge is 0.459 e. The van der Waals surface area contributed by atoms with Gasteiger partial charge in [0.05, 0.1) is 7.11 Å². The minimum Gasteiger partial charge on any atom is -0.495 e. The molecular weight excluding hydrogens is 338 g/mol. The molecular formula is C15H21NO7S. The Labute approximate surface area is 141 Å². The number of benzene rings is 1. The summed E-state index contributed by atoms with van der Waals surface area (Å²) in [6, 6.07) is 5.64. The maximum atomic E-state index is 12.8. The summed E-state index contributed by atoms with van der Waals surface area (Å²) in [5, 5.41) is 0. The van der Waals surface area contributed by atoms with Crippen LogP contribution in [0.5, 0.6) is 5.75 Å². The molecule has 1 rings (SSSR count). The molecule has 0 saturated carbocycles. The van der Waals surface area contributed by atoms with Crippen molar-refractivity contribution in [3.8, 4) is 5.75 Å². The number of nitrogens with zero attached hydrogens (tertiary/aromatic N) is 1.